The molecule has 0 bridgehead atoms. The number of methoxy groups -OCH3 is 1. The number of hydrogen-bond acceptors (Lipinski definition) is 5. The molecule has 1 aliphatic rings. The molecule has 0 spiro atoms. The standard InChI is InChI=1S/C23H27N3O5/c1-15(2)31-19-11-10-18(13-20(19)30-3)23(29)25-24-22(28)17-8-6-16(7-9-17)14-26-12-4-5-21(26)27/h6-11,13,15H,4-5,12,14H2,1-3H3,(H,24,28)(H,25,29). The predicted octanol–water partition coefficient (Wildman–Crippen LogP) is 2.68. The minimum Gasteiger partial charge on any atom is -0.493 e. The lowest BCUT2D eigenvalue weighted by Gasteiger charge is -2.15. The number of amides is 3. The molecular formula is C23H27N3O5. The summed E-state index contributed by atoms with van der Waals surface area (Å²) in [5, 5.41) is 0. The Bertz CT molecular complexity index is 956. The SMILES string of the molecule is COc1cc(C(=O)NNC(=O)c2ccc(CN3CCCC3=O)cc2)ccc1OC(C)C. The van der Waals surface area contributed by atoms with Gasteiger partial charge in [0.25, 0.3) is 11.8 Å². The lowest BCUT2D eigenvalue weighted by Crippen LogP contribution is -2.41. The third-order valence-corrected chi connectivity index (χ3v) is 4.84. The number of carbonyl (C=O) groups excluding carboxylic acids is 3. The first-order valence-corrected chi connectivity index (χ1v) is 10.2. The molecule has 1 fully saturated rings. The molecule has 3 amide bonds. The van der Waals surface area contributed by atoms with Crippen LogP contribution in [0.4, 0.5) is 0 Å². The number of ether oxygens (including phenoxy) is 2. The molecule has 8 heteroatoms. The van der Waals surface area contributed by atoms with E-state index in [1.54, 1.807) is 47.4 Å². The summed E-state index contributed by atoms with van der Waals surface area (Å²) in [6.45, 7) is 5.10. The molecule has 2 aromatic rings. The van der Waals surface area contributed by atoms with Crippen molar-refractivity contribution >= 4 is 17.7 Å². The highest BCUT2D eigenvalue weighted by Crippen LogP contribution is 2.28. The average Bonchev–Trinajstić information content (AvgIpc) is 3.16. The zero-order chi connectivity index (χ0) is 22.4. The zero-order valence-electron chi connectivity index (χ0n) is 17.9. The largest absolute Gasteiger partial charge is 0.493 e. The molecule has 2 N–H and O–H groups in total. The topological polar surface area (TPSA) is 97.0 Å². The van der Waals surface area contributed by atoms with E-state index in [4.69, 9.17) is 9.47 Å². The lowest BCUT2D eigenvalue weighted by molar-refractivity contribution is -0.128. The van der Waals surface area contributed by atoms with Crippen LogP contribution < -0.4 is 20.3 Å². The van der Waals surface area contributed by atoms with Gasteiger partial charge in [-0.25, -0.2) is 0 Å². The fraction of sp³-hybridized carbons (Fsp3) is 0.348. The molecule has 1 aliphatic heterocycles. The van der Waals surface area contributed by atoms with Crippen molar-refractivity contribution in [2.24, 2.45) is 0 Å². The van der Waals surface area contributed by atoms with Gasteiger partial charge in [0.05, 0.1) is 13.2 Å². The van der Waals surface area contributed by atoms with Gasteiger partial charge >= 0.3 is 0 Å². The molecule has 0 atom stereocenters. The van der Waals surface area contributed by atoms with Crippen LogP contribution in [0.15, 0.2) is 42.5 Å². The third kappa shape index (κ3) is 5.75. The normalized spacial score (nSPS) is 13.3. The Hall–Kier alpha value is -3.55. The first-order valence-electron chi connectivity index (χ1n) is 10.2. The van der Waals surface area contributed by atoms with Gasteiger partial charge in [0.2, 0.25) is 5.91 Å². The molecule has 0 saturated carbocycles. The zero-order valence-corrected chi connectivity index (χ0v) is 17.9. The molecule has 3 rings (SSSR count). The summed E-state index contributed by atoms with van der Waals surface area (Å²) in [6, 6.07) is 11.7. The first kappa shape index (κ1) is 22.1. The van der Waals surface area contributed by atoms with E-state index in [0.29, 0.717) is 35.6 Å². The summed E-state index contributed by atoms with van der Waals surface area (Å²) in [4.78, 5) is 38.3. The van der Waals surface area contributed by atoms with Gasteiger partial charge in [0, 0.05) is 30.6 Å². The second-order valence-electron chi connectivity index (χ2n) is 7.56. The maximum atomic E-state index is 12.4. The Morgan fingerprint density at radius 1 is 1.00 bits per heavy atom. The van der Waals surface area contributed by atoms with E-state index < -0.39 is 11.8 Å². The van der Waals surface area contributed by atoms with Gasteiger partial charge in [-0.2, -0.15) is 0 Å². The maximum absolute atomic E-state index is 12.4. The molecule has 8 nitrogen and oxygen atoms in total. The highest BCUT2D eigenvalue weighted by molar-refractivity contribution is 5.99. The Balaban J connectivity index is 1.56. The number of rotatable bonds is 7. The van der Waals surface area contributed by atoms with Crippen molar-refractivity contribution in [3.8, 4) is 11.5 Å². The van der Waals surface area contributed by atoms with Crippen LogP contribution in [0.5, 0.6) is 11.5 Å². The molecule has 0 radical (unpaired) electrons. The molecule has 0 unspecified atom stereocenters. The second kappa shape index (κ2) is 9.97. The van der Waals surface area contributed by atoms with Crippen molar-refractivity contribution < 1.29 is 23.9 Å². The monoisotopic (exact) mass is 425 g/mol. The van der Waals surface area contributed by atoms with Crippen LogP contribution in [-0.4, -0.2) is 42.4 Å². The summed E-state index contributed by atoms with van der Waals surface area (Å²) in [5.74, 6) is 0.203. The molecule has 0 aliphatic carbocycles. The number of hydrazine groups is 1. The van der Waals surface area contributed by atoms with Crippen molar-refractivity contribution in [2.45, 2.75) is 39.3 Å². The fourth-order valence-corrected chi connectivity index (χ4v) is 3.27. The smallest absolute Gasteiger partial charge is 0.269 e. The second-order valence-corrected chi connectivity index (χ2v) is 7.56. The highest BCUT2D eigenvalue weighted by atomic mass is 16.5. The van der Waals surface area contributed by atoms with Crippen LogP contribution in [0, 0.1) is 0 Å². The third-order valence-electron chi connectivity index (χ3n) is 4.84. The van der Waals surface area contributed by atoms with Crippen molar-refractivity contribution in [1.82, 2.24) is 15.8 Å². The van der Waals surface area contributed by atoms with Crippen LogP contribution in [0.3, 0.4) is 0 Å². The Labute approximate surface area is 181 Å². The quantitative estimate of drug-likeness (QED) is 0.665. The van der Waals surface area contributed by atoms with E-state index in [1.807, 2.05) is 13.8 Å². The van der Waals surface area contributed by atoms with Crippen molar-refractivity contribution in [3.63, 3.8) is 0 Å². The molecule has 2 aromatic carbocycles. The number of benzene rings is 2. The van der Waals surface area contributed by atoms with Crippen molar-refractivity contribution in [1.29, 1.82) is 0 Å². The van der Waals surface area contributed by atoms with Crippen LogP contribution in [0.2, 0.25) is 0 Å². The summed E-state index contributed by atoms with van der Waals surface area (Å²) in [6.07, 6.45) is 1.45. The van der Waals surface area contributed by atoms with Crippen LogP contribution in [0.25, 0.3) is 0 Å². The molecule has 164 valence electrons. The summed E-state index contributed by atoms with van der Waals surface area (Å²) in [5.41, 5.74) is 6.47. The molecule has 31 heavy (non-hydrogen) atoms. The van der Waals surface area contributed by atoms with E-state index in [-0.39, 0.29) is 12.0 Å². The van der Waals surface area contributed by atoms with E-state index in [0.717, 1.165) is 18.5 Å². The number of nitrogens with one attached hydrogen (secondary N) is 2. The predicted molar refractivity (Wildman–Crippen MR) is 115 cm³/mol. The summed E-state index contributed by atoms with van der Waals surface area (Å²) >= 11 is 0. The number of carbonyl (C=O) groups is 3. The van der Waals surface area contributed by atoms with Gasteiger partial charge in [0.1, 0.15) is 0 Å². The Morgan fingerprint density at radius 2 is 1.65 bits per heavy atom. The van der Waals surface area contributed by atoms with Gasteiger partial charge < -0.3 is 14.4 Å². The highest BCUT2D eigenvalue weighted by Gasteiger charge is 2.20. The van der Waals surface area contributed by atoms with Crippen molar-refractivity contribution in [2.75, 3.05) is 13.7 Å². The first-order chi connectivity index (χ1) is 14.9. The van der Waals surface area contributed by atoms with Gasteiger partial charge in [-0.15, -0.1) is 0 Å². The maximum Gasteiger partial charge on any atom is 0.269 e. The van der Waals surface area contributed by atoms with Crippen LogP contribution >= 0.6 is 0 Å². The van der Waals surface area contributed by atoms with Crippen molar-refractivity contribution in [3.05, 3.63) is 59.2 Å². The number of likely N-dealkylation sites (tertiary alicyclic amines) is 1. The lowest BCUT2D eigenvalue weighted by atomic mass is 10.1. The number of nitrogens with zero attached hydrogens (tertiary/aromatic N) is 1. The Kier molecular flexibility index (Phi) is 7.12. The summed E-state index contributed by atoms with van der Waals surface area (Å²) < 4.78 is 10.9. The van der Waals surface area contributed by atoms with E-state index in [1.165, 1.54) is 7.11 Å². The van der Waals surface area contributed by atoms with Gasteiger partial charge in [-0.05, 0) is 56.2 Å². The summed E-state index contributed by atoms with van der Waals surface area (Å²) in [7, 11) is 1.50. The van der Waals surface area contributed by atoms with E-state index in [9.17, 15) is 14.4 Å². The molecule has 0 aromatic heterocycles. The molecule has 1 heterocycles. The average molecular weight is 425 g/mol. The fourth-order valence-electron chi connectivity index (χ4n) is 3.27. The van der Waals surface area contributed by atoms with Gasteiger partial charge in [-0.3, -0.25) is 25.2 Å². The van der Waals surface area contributed by atoms with Gasteiger partial charge in [0.15, 0.2) is 11.5 Å². The van der Waals surface area contributed by atoms with E-state index in [2.05, 4.69) is 10.9 Å². The minimum atomic E-state index is -0.480. The minimum absolute atomic E-state index is 0.0323. The molecular weight excluding hydrogens is 398 g/mol. The number of hydrogen-bond donors (Lipinski definition) is 2. The molecule has 1 saturated heterocycles. The van der Waals surface area contributed by atoms with Gasteiger partial charge in [-0.1, -0.05) is 12.1 Å². The van der Waals surface area contributed by atoms with E-state index >= 15 is 0 Å². The Morgan fingerprint density at radius 3 is 2.23 bits per heavy atom. The van der Waals surface area contributed by atoms with Crippen LogP contribution in [-0.2, 0) is 11.3 Å². The van der Waals surface area contributed by atoms with Crippen LogP contribution in [0.1, 0.15) is 53.0 Å².